The van der Waals surface area contributed by atoms with Gasteiger partial charge in [-0.3, -0.25) is 9.59 Å². The van der Waals surface area contributed by atoms with Crippen molar-refractivity contribution < 1.29 is 14.0 Å². The van der Waals surface area contributed by atoms with Gasteiger partial charge in [0.2, 0.25) is 5.91 Å². The molecule has 0 fully saturated rings. The highest BCUT2D eigenvalue weighted by Crippen LogP contribution is 2.35. The van der Waals surface area contributed by atoms with Gasteiger partial charge in [-0.1, -0.05) is 30.3 Å². The van der Waals surface area contributed by atoms with Crippen LogP contribution in [0.4, 0.5) is 10.1 Å². The number of nitrogens with zero attached hydrogens (tertiary/aromatic N) is 1. The topological polar surface area (TPSA) is 49.4 Å². The second-order valence-electron chi connectivity index (χ2n) is 6.84. The predicted molar refractivity (Wildman–Crippen MR) is 108 cm³/mol. The monoisotopic (exact) mass is 394 g/mol. The molecule has 1 N–H and O–H groups in total. The third-order valence-corrected chi connectivity index (χ3v) is 5.91. The number of amides is 2. The number of hydrogen-bond acceptors (Lipinski definition) is 3. The first-order valence-electron chi connectivity index (χ1n) is 9.01. The smallest absolute Gasteiger partial charge is 0.255 e. The zero-order valence-electron chi connectivity index (χ0n) is 15.3. The summed E-state index contributed by atoms with van der Waals surface area (Å²) in [5.74, 6) is -0.689. The van der Waals surface area contributed by atoms with Crippen LogP contribution < -0.4 is 5.32 Å². The van der Waals surface area contributed by atoms with Crippen LogP contribution in [-0.2, 0) is 11.3 Å². The van der Waals surface area contributed by atoms with Gasteiger partial charge in [-0.2, -0.15) is 0 Å². The van der Waals surface area contributed by atoms with Gasteiger partial charge in [0.25, 0.3) is 5.91 Å². The highest BCUT2D eigenvalue weighted by molar-refractivity contribution is 7.10. The minimum atomic E-state index is -0.366. The molecule has 0 saturated heterocycles. The van der Waals surface area contributed by atoms with E-state index in [0.717, 1.165) is 10.4 Å². The van der Waals surface area contributed by atoms with Gasteiger partial charge in [-0.25, -0.2) is 4.39 Å². The number of carbonyl (C=O) groups excluding carboxylic acids is 2. The molecule has 0 bridgehead atoms. The maximum absolute atomic E-state index is 13.8. The van der Waals surface area contributed by atoms with Crippen molar-refractivity contribution in [1.29, 1.82) is 0 Å². The molecule has 1 aliphatic heterocycles. The van der Waals surface area contributed by atoms with Crippen molar-refractivity contribution >= 4 is 28.8 Å². The average Bonchev–Trinajstić information content (AvgIpc) is 3.32. The van der Waals surface area contributed by atoms with Crippen LogP contribution in [0.3, 0.4) is 0 Å². The molecule has 4 nitrogen and oxygen atoms in total. The molecule has 1 aromatic heterocycles. The summed E-state index contributed by atoms with van der Waals surface area (Å²) in [6, 6.07) is 15.6. The summed E-state index contributed by atoms with van der Waals surface area (Å²) in [6.07, 6.45) is 0.107. The zero-order valence-corrected chi connectivity index (χ0v) is 16.1. The van der Waals surface area contributed by atoms with E-state index in [4.69, 9.17) is 0 Å². The van der Waals surface area contributed by atoms with E-state index in [1.165, 1.54) is 17.4 Å². The van der Waals surface area contributed by atoms with Gasteiger partial charge < -0.3 is 10.2 Å². The number of anilines is 1. The molecule has 2 amide bonds. The minimum Gasteiger partial charge on any atom is -0.326 e. The molecule has 1 atom stereocenters. The summed E-state index contributed by atoms with van der Waals surface area (Å²) in [5, 5.41) is 4.68. The Morgan fingerprint density at radius 3 is 2.75 bits per heavy atom. The third-order valence-electron chi connectivity index (χ3n) is 4.93. The van der Waals surface area contributed by atoms with Crippen LogP contribution in [-0.4, -0.2) is 16.7 Å². The second-order valence-corrected chi connectivity index (χ2v) is 7.82. The Kier molecular flexibility index (Phi) is 4.96. The van der Waals surface area contributed by atoms with Crippen molar-refractivity contribution in [2.45, 2.75) is 25.9 Å². The van der Waals surface area contributed by atoms with E-state index >= 15 is 0 Å². The van der Waals surface area contributed by atoms with Crippen molar-refractivity contribution in [3.05, 3.63) is 87.4 Å². The Morgan fingerprint density at radius 1 is 1.21 bits per heavy atom. The number of rotatable bonds is 5. The molecule has 0 unspecified atom stereocenters. The zero-order chi connectivity index (χ0) is 19.7. The van der Waals surface area contributed by atoms with Crippen molar-refractivity contribution in [3.8, 4) is 0 Å². The molecular weight excluding hydrogens is 375 g/mol. The Labute approximate surface area is 166 Å². The van der Waals surface area contributed by atoms with Crippen LogP contribution in [0.2, 0.25) is 0 Å². The van der Waals surface area contributed by atoms with Crippen LogP contribution in [0, 0.1) is 12.7 Å². The maximum Gasteiger partial charge on any atom is 0.255 e. The van der Waals surface area contributed by atoms with E-state index < -0.39 is 0 Å². The van der Waals surface area contributed by atoms with Crippen molar-refractivity contribution in [1.82, 2.24) is 4.90 Å². The quantitative estimate of drug-likeness (QED) is 0.668. The van der Waals surface area contributed by atoms with Gasteiger partial charge in [0.05, 0.1) is 12.5 Å². The lowest BCUT2D eigenvalue weighted by atomic mass is 10.1. The molecule has 0 radical (unpaired) electrons. The Hall–Kier alpha value is -2.99. The maximum atomic E-state index is 13.8. The van der Waals surface area contributed by atoms with E-state index in [0.29, 0.717) is 23.4 Å². The van der Waals surface area contributed by atoms with E-state index in [9.17, 15) is 14.0 Å². The lowest BCUT2D eigenvalue weighted by Crippen LogP contribution is -2.31. The van der Waals surface area contributed by atoms with E-state index in [1.807, 2.05) is 41.8 Å². The highest BCUT2D eigenvalue weighted by Gasteiger charge is 2.34. The summed E-state index contributed by atoms with van der Waals surface area (Å²) >= 11 is 1.52. The lowest BCUT2D eigenvalue weighted by Gasteiger charge is -2.26. The highest BCUT2D eigenvalue weighted by atomic mass is 32.1. The first-order valence-corrected chi connectivity index (χ1v) is 9.89. The lowest BCUT2D eigenvalue weighted by molar-refractivity contribution is -0.117. The fourth-order valence-electron chi connectivity index (χ4n) is 3.43. The summed E-state index contributed by atoms with van der Waals surface area (Å²) in [4.78, 5) is 28.3. The SMILES string of the molecule is Cc1ccc(NC(=O)C[C@@H](c2cccs2)N2Cc3ccccc3C2=O)cc1F. The van der Waals surface area contributed by atoms with E-state index in [1.54, 1.807) is 24.0 Å². The summed E-state index contributed by atoms with van der Waals surface area (Å²) in [6.45, 7) is 2.15. The number of benzene rings is 2. The van der Waals surface area contributed by atoms with Gasteiger partial charge in [0.1, 0.15) is 5.82 Å². The molecule has 2 aromatic carbocycles. The van der Waals surface area contributed by atoms with Crippen LogP contribution in [0.25, 0.3) is 0 Å². The van der Waals surface area contributed by atoms with Gasteiger partial charge in [0, 0.05) is 22.7 Å². The van der Waals surface area contributed by atoms with Crippen molar-refractivity contribution in [2.75, 3.05) is 5.32 Å². The van der Waals surface area contributed by atoms with Crippen molar-refractivity contribution in [3.63, 3.8) is 0 Å². The molecule has 0 aliphatic carbocycles. The molecule has 28 heavy (non-hydrogen) atoms. The van der Waals surface area contributed by atoms with Gasteiger partial charge >= 0.3 is 0 Å². The molecule has 0 saturated carbocycles. The standard InChI is InChI=1S/C22H19FN2O2S/c1-14-8-9-16(11-18(14)23)24-21(26)12-19(20-7-4-10-28-20)25-13-15-5-2-3-6-17(15)22(25)27/h2-11,19H,12-13H2,1H3,(H,24,26)/t19-/m0/s1. The second kappa shape index (κ2) is 7.56. The Balaban J connectivity index is 1.55. The fraction of sp³-hybridized carbons (Fsp3) is 0.182. The number of carbonyl (C=O) groups is 2. The molecule has 142 valence electrons. The van der Waals surface area contributed by atoms with Gasteiger partial charge in [0.15, 0.2) is 0 Å². The predicted octanol–water partition coefficient (Wildman–Crippen LogP) is 4.92. The first-order chi connectivity index (χ1) is 13.5. The van der Waals surface area contributed by atoms with E-state index in [-0.39, 0.29) is 30.1 Å². The van der Waals surface area contributed by atoms with E-state index in [2.05, 4.69) is 5.32 Å². The largest absolute Gasteiger partial charge is 0.326 e. The number of halogens is 1. The van der Waals surface area contributed by atoms with Crippen LogP contribution >= 0.6 is 11.3 Å². The Morgan fingerprint density at radius 2 is 2.04 bits per heavy atom. The van der Waals surface area contributed by atoms with Crippen molar-refractivity contribution in [2.24, 2.45) is 0 Å². The normalized spacial score (nSPS) is 14.1. The summed E-state index contributed by atoms with van der Waals surface area (Å²) < 4.78 is 13.8. The minimum absolute atomic E-state index is 0.0665. The number of nitrogens with one attached hydrogen (secondary N) is 1. The average molecular weight is 394 g/mol. The molecular formula is C22H19FN2O2S. The molecule has 3 aromatic rings. The van der Waals surface area contributed by atoms with Gasteiger partial charge in [-0.15, -0.1) is 11.3 Å². The first kappa shape index (κ1) is 18.4. The molecule has 2 heterocycles. The van der Waals surface area contributed by atoms with Crippen LogP contribution in [0.5, 0.6) is 0 Å². The molecule has 1 aliphatic rings. The molecule has 6 heteroatoms. The number of thiophene rings is 1. The van der Waals surface area contributed by atoms with Crippen LogP contribution in [0.1, 0.15) is 38.8 Å². The molecule has 0 spiro atoms. The molecule has 4 rings (SSSR count). The fourth-order valence-corrected chi connectivity index (χ4v) is 4.27. The number of aryl methyl sites for hydroxylation is 1. The van der Waals surface area contributed by atoms with Gasteiger partial charge in [-0.05, 0) is 47.7 Å². The summed E-state index contributed by atoms with van der Waals surface area (Å²) in [7, 11) is 0. The third kappa shape index (κ3) is 3.55. The number of fused-ring (bicyclic) bond motifs is 1. The number of hydrogen-bond donors (Lipinski definition) is 1. The summed E-state index contributed by atoms with van der Waals surface area (Å²) in [5.41, 5.74) is 2.59. The Bertz CT molecular complexity index is 1030. The van der Waals surface area contributed by atoms with Crippen LogP contribution in [0.15, 0.2) is 60.0 Å².